The molecule has 0 aliphatic heterocycles. The van der Waals surface area contributed by atoms with Crippen molar-refractivity contribution in [3.63, 3.8) is 0 Å². The molecule has 0 spiro atoms. The summed E-state index contributed by atoms with van der Waals surface area (Å²) in [6.07, 6.45) is 1.47. The fraction of sp³-hybridized carbons (Fsp3) is 0.121. The summed E-state index contributed by atoms with van der Waals surface area (Å²) in [6.45, 7) is 4.09. The lowest BCUT2D eigenvalue weighted by atomic mass is 10.0. The number of H-pyrrole nitrogens is 1. The zero-order chi connectivity index (χ0) is 30.5. The standard InChI is InChI=1S/C33H27BrClN3O5/c1-4-42-27-17-20(12-14-25(27)43-33(40)21-9-7-8-19(2)16-21)18-36-38-32(39)31-28(22-10-5-6-11-24(22)35)29-23(34)13-15-26(41-3)30(29)37-31/h5-18,37H,4H2,1-3H3,(H,38,39). The number of halogens is 2. The molecule has 1 heterocycles. The molecule has 0 aliphatic carbocycles. The smallest absolute Gasteiger partial charge is 0.343 e. The molecule has 0 saturated carbocycles. The summed E-state index contributed by atoms with van der Waals surface area (Å²) in [5.41, 5.74) is 6.79. The molecule has 0 atom stereocenters. The Labute approximate surface area is 261 Å². The van der Waals surface area contributed by atoms with Crippen molar-refractivity contribution in [3.8, 4) is 28.4 Å². The third-order valence-electron chi connectivity index (χ3n) is 6.56. The van der Waals surface area contributed by atoms with E-state index >= 15 is 0 Å². The van der Waals surface area contributed by atoms with E-state index in [4.69, 9.17) is 25.8 Å². The molecule has 0 unspecified atom stereocenters. The maximum Gasteiger partial charge on any atom is 0.343 e. The van der Waals surface area contributed by atoms with Crippen molar-refractivity contribution in [1.82, 2.24) is 10.4 Å². The second-order valence-corrected chi connectivity index (χ2v) is 10.7. The summed E-state index contributed by atoms with van der Waals surface area (Å²) in [6, 6.07) is 23.1. The lowest BCUT2D eigenvalue weighted by molar-refractivity contribution is 0.0728. The molecular weight excluding hydrogens is 634 g/mol. The highest BCUT2D eigenvalue weighted by molar-refractivity contribution is 9.10. The number of esters is 1. The van der Waals surface area contributed by atoms with Crippen LogP contribution in [-0.4, -0.2) is 36.8 Å². The van der Waals surface area contributed by atoms with E-state index < -0.39 is 11.9 Å². The van der Waals surface area contributed by atoms with Crippen molar-refractivity contribution in [2.45, 2.75) is 13.8 Å². The first-order chi connectivity index (χ1) is 20.8. The number of methoxy groups -OCH3 is 1. The molecule has 1 aromatic heterocycles. The number of nitrogens with zero attached hydrogens (tertiary/aromatic N) is 1. The van der Waals surface area contributed by atoms with Gasteiger partial charge in [-0.15, -0.1) is 0 Å². The quantitative estimate of drug-likeness (QED) is 0.0723. The molecule has 2 N–H and O–H groups in total. The maximum atomic E-state index is 13.5. The Morgan fingerprint density at radius 2 is 1.79 bits per heavy atom. The largest absolute Gasteiger partial charge is 0.495 e. The fourth-order valence-corrected chi connectivity index (χ4v) is 5.38. The molecular formula is C33H27BrClN3O5. The number of fused-ring (bicyclic) bond motifs is 1. The van der Waals surface area contributed by atoms with Crippen LogP contribution in [0.15, 0.2) is 88.4 Å². The summed E-state index contributed by atoms with van der Waals surface area (Å²) in [5.74, 6) is 0.240. The Morgan fingerprint density at radius 3 is 2.53 bits per heavy atom. The molecule has 0 radical (unpaired) electrons. The number of hydrogen-bond donors (Lipinski definition) is 2. The summed E-state index contributed by atoms with van der Waals surface area (Å²) in [4.78, 5) is 29.4. The van der Waals surface area contributed by atoms with Crippen molar-refractivity contribution in [3.05, 3.63) is 111 Å². The van der Waals surface area contributed by atoms with Crippen molar-refractivity contribution >= 4 is 56.5 Å². The van der Waals surface area contributed by atoms with Crippen LogP contribution < -0.4 is 19.6 Å². The van der Waals surface area contributed by atoms with Crippen LogP contribution in [0.3, 0.4) is 0 Å². The van der Waals surface area contributed by atoms with Crippen LogP contribution in [-0.2, 0) is 0 Å². The number of benzene rings is 4. The van der Waals surface area contributed by atoms with Gasteiger partial charge in [-0.25, -0.2) is 10.2 Å². The molecule has 0 fully saturated rings. The van der Waals surface area contributed by atoms with Gasteiger partial charge in [0.25, 0.3) is 5.91 Å². The number of aryl methyl sites for hydroxylation is 1. The number of carbonyl (C=O) groups is 2. The van der Waals surface area contributed by atoms with E-state index in [9.17, 15) is 9.59 Å². The van der Waals surface area contributed by atoms with Gasteiger partial charge in [0.15, 0.2) is 11.5 Å². The first-order valence-corrected chi connectivity index (χ1v) is 14.5. The second-order valence-electron chi connectivity index (χ2n) is 9.45. The molecule has 1 amide bonds. The number of rotatable bonds is 9. The number of hydrogen-bond acceptors (Lipinski definition) is 6. The SMILES string of the molecule is CCOc1cc(C=NNC(=O)c2[nH]c3c(OC)ccc(Br)c3c2-c2ccccc2Cl)ccc1OC(=O)c1cccc(C)c1. The van der Waals surface area contributed by atoms with Crippen molar-refractivity contribution in [2.75, 3.05) is 13.7 Å². The normalized spacial score (nSPS) is 11.1. The van der Waals surface area contributed by atoms with E-state index in [1.165, 1.54) is 6.21 Å². The molecule has 5 rings (SSSR count). The average Bonchev–Trinajstić information content (AvgIpc) is 3.40. The number of aromatic nitrogens is 1. The first-order valence-electron chi connectivity index (χ1n) is 13.3. The van der Waals surface area contributed by atoms with Crippen LogP contribution in [0.2, 0.25) is 5.02 Å². The Balaban J connectivity index is 1.42. The second kappa shape index (κ2) is 13.1. The Hall–Kier alpha value is -4.60. The summed E-state index contributed by atoms with van der Waals surface area (Å²) < 4.78 is 17.6. The average molecular weight is 661 g/mol. The van der Waals surface area contributed by atoms with E-state index in [1.54, 1.807) is 55.6 Å². The van der Waals surface area contributed by atoms with Gasteiger partial charge in [-0.2, -0.15) is 5.10 Å². The van der Waals surface area contributed by atoms with E-state index in [1.807, 2.05) is 44.2 Å². The van der Waals surface area contributed by atoms with E-state index in [-0.39, 0.29) is 11.4 Å². The number of ether oxygens (including phenoxy) is 3. The Morgan fingerprint density at radius 1 is 1.00 bits per heavy atom. The molecule has 0 aliphatic rings. The highest BCUT2D eigenvalue weighted by Gasteiger charge is 2.24. The summed E-state index contributed by atoms with van der Waals surface area (Å²) in [7, 11) is 1.56. The predicted octanol–water partition coefficient (Wildman–Crippen LogP) is 7.95. The van der Waals surface area contributed by atoms with E-state index in [0.29, 0.717) is 50.9 Å². The minimum absolute atomic E-state index is 0.263. The topological polar surface area (TPSA) is 102 Å². The van der Waals surface area contributed by atoms with Crippen LogP contribution in [0.25, 0.3) is 22.0 Å². The van der Waals surface area contributed by atoms with E-state index in [0.717, 1.165) is 15.4 Å². The first kappa shape index (κ1) is 29.9. The molecule has 8 nitrogen and oxygen atoms in total. The molecule has 10 heteroatoms. The summed E-state index contributed by atoms with van der Waals surface area (Å²) >= 11 is 10.2. The van der Waals surface area contributed by atoms with Gasteiger partial charge >= 0.3 is 5.97 Å². The Kier molecular flexibility index (Phi) is 9.13. The third kappa shape index (κ3) is 6.43. The summed E-state index contributed by atoms with van der Waals surface area (Å²) in [5, 5.41) is 5.41. The zero-order valence-corrected chi connectivity index (χ0v) is 25.9. The molecule has 43 heavy (non-hydrogen) atoms. The molecule has 0 bridgehead atoms. The molecule has 218 valence electrons. The predicted molar refractivity (Wildman–Crippen MR) is 172 cm³/mol. The van der Waals surface area contributed by atoms with Crippen molar-refractivity contribution < 1.29 is 23.8 Å². The number of carbonyl (C=O) groups excluding carboxylic acids is 2. The van der Waals surface area contributed by atoms with Gasteiger partial charge in [-0.1, -0.05) is 63.4 Å². The van der Waals surface area contributed by atoms with Crippen LogP contribution in [0.1, 0.15) is 38.9 Å². The molecule has 5 aromatic rings. The molecule has 4 aromatic carbocycles. The van der Waals surface area contributed by atoms with Crippen LogP contribution in [0.4, 0.5) is 0 Å². The fourth-order valence-electron chi connectivity index (χ4n) is 4.62. The number of amides is 1. The van der Waals surface area contributed by atoms with Gasteiger partial charge in [0.2, 0.25) is 0 Å². The highest BCUT2D eigenvalue weighted by Crippen LogP contribution is 2.43. The van der Waals surface area contributed by atoms with Crippen LogP contribution >= 0.6 is 27.5 Å². The van der Waals surface area contributed by atoms with Crippen molar-refractivity contribution in [2.24, 2.45) is 5.10 Å². The van der Waals surface area contributed by atoms with E-state index in [2.05, 4.69) is 31.4 Å². The monoisotopic (exact) mass is 659 g/mol. The third-order valence-corrected chi connectivity index (χ3v) is 7.55. The van der Waals surface area contributed by atoms with Gasteiger partial charge in [0.1, 0.15) is 11.4 Å². The lowest BCUT2D eigenvalue weighted by Crippen LogP contribution is -2.19. The minimum Gasteiger partial charge on any atom is -0.495 e. The van der Waals surface area contributed by atoms with Gasteiger partial charge < -0.3 is 19.2 Å². The zero-order valence-electron chi connectivity index (χ0n) is 23.5. The maximum absolute atomic E-state index is 13.5. The number of nitrogens with one attached hydrogen (secondary N) is 2. The highest BCUT2D eigenvalue weighted by atomic mass is 79.9. The van der Waals surface area contributed by atoms with Crippen LogP contribution in [0.5, 0.6) is 17.2 Å². The van der Waals surface area contributed by atoms with Crippen molar-refractivity contribution in [1.29, 1.82) is 0 Å². The number of aromatic amines is 1. The van der Waals surface area contributed by atoms with Crippen LogP contribution in [0, 0.1) is 6.92 Å². The van der Waals surface area contributed by atoms with Gasteiger partial charge in [0, 0.05) is 26.0 Å². The van der Waals surface area contributed by atoms with Gasteiger partial charge in [-0.05, 0) is 67.9 Å². The van der Waals surface area contributed by atoms with Gasteiger partial charge in [-0.3, -0.25) is 4.79 Å². The lowest BCUT2D eigenvalue weighted by Gasteiger charge is -2.11. The van der Waals surface area contributed by atoms with Gasteiger partial charge in [0.05, 0.1) is 31.0 Å². The Bertz CT molecular complexity index is 1870. The number of hydrazone groups is 1. The molecule has 0 saturated heterocycles. The minimum atomic E-state index is -0.491.